The normalized spacial score (nSPS) is 27.6. The van der Waals surface area contributed by atoms with E-state index in [0.717, 1.165) is 0 Å². The maximum atomic E-state index is 3.47. The molecule has 1 unspecified atom stereocenters. The fourth-order valence-electron chi connectivity index (χ4n) is 2.88. The Morgan fingerprint density at radius 1 is 1.31 bits per heavy atom. The van der Waals surface area contributed by atoms with E-state index in [-0.39, 0.29) is 0 Å². The smallest absolute Gasteiger partial charge is 0.0380 e. The van der Waals surface area contributed by atoms with Crippen molar-refractivity contribution in [2.75, 3.05) is 7.05 Å². The second kappa shape index (κ2) is 2.36. The lowest BCUT2D eigenvalue weighted by molar-refractivity contribution is 0.391. The zero-order valence-corrected chi connectivity index (χ0v) is 8.01. The average Bonchev–Trinajstić information content (AvgIpc) is 2.83. The van der Waals surface area contributed by atoms with Crippen molar-refractivity contribution in [3.63, 3.8) is 0 Å². The minimum atomic E-state index is 0.610. The van der Waals surface area contributed by atoms with Crippen molar-refractivity contribution in [1.82, 2.24) is 5.32 Å². The Balaban J connectivity index is 2.09. The van der Waals surface area contributed by atoms with Crippen LogP contribution in [-0.2, 0) is 6.42 Å². The minimum absolute atomic E-state index is 0.610. The van der Waals surface area contributed by atoms with Gasteiger partial charge in [-0.05, 0) is 42.9 Å². The van der Waals surface area contributed by atoms with E-state index in [1.165, 1.54) is 19.3 Å². The molecule has 0 aromatic heterocycles. The summed E-state index contributed by atoms with van der Waals surface area (Å²) >= 11 is 0. The van der Waals surface area contributed by atoms with Crippen LogP contribution in [0.5, 0.6) is 0 Å². The van der Waals surface area contributed by atoms with Crippen molar-refractivity contribution < 1.29 is 0 Å². The molecule has 1 atom stereocenters. The molecule has 68 valence electrons. The average molecular weight is 173 g/mol. The van der Waals surface area contributed by atoms with Crippen LogP contribution in [0.2, 0.25) is 0 Å². The molecule has 2 aliphatic carbocycles. The van der Waals surface area contributed by atoms with E-state index in [1.807, 2.05) is 0 Å². The molecular weight excluding hydrogens is 158 g/mol. The van der Waals surface area contributed by atoms with Crippen molar-refractivity contribution in [2.45, 2.75) is 25.3 Å². The van der Waals surface area contributed by atoms with Crippen LogP contribution in [0.1, 0.15) is 30.0 Å². The van der Waals surface area contributed by atoms with Gasteiger partial charge in [0, 0.05) is 6.04 Å². The van der Waals surface area contributed by atoms with Crippen molar-refractivity contribution in [3.8, 4) is 0 Å². The Morgan fingerprint density at radius 3 is 2.77 bits per heavy atom. The van der Waals surface area contributed by atoms with Crippen LogP contribution in [0.15, 0.2) is 24.3 Å². The Hall–Kier alpha value is -0.820. The molecule has 1 aromatic carbocycles. The maximum Gasteiger partial charge on any atom is 0.0380 e. The van der Waals surface area contributed by atoms with Gasteiger partial charge in [0.25, 0.3) is 0 Å². The van der Waals surface area contributed by atoms with E-state index in [4.69, 9.17) is 0 Å². The first-order valence-corrected chi connectivity index (χ1v) is 5.11. The third kappa shape index (κ3) is 0.910. The predicted molar refractivity (Wildman–Crippen MR) is 53.6 cm³/mol. The quantitative estimate of drug-likeness (QED) is 0.687. The van der Waals surface area contributed by atoms with Gasteiger partial charge in [-0.1, -0.05) is 24.3 Å². The van der Waals surface area contributed by atoms with Gasteiger partial charge in [0.15, 0.2) is 0 Å². The summed E-state index contributed by atoms with van der Waals surface area (Å²) in [5, 5.41) is 3.47. The molecule has 0 bridgehead atoms. The zero-order chi connectivity index (χ0) is 8.89. The Bertz CT molecular complexity index is 339. The Morgan fingerprint density at radius 2 is 2.08 bits per heavy atom. The molecule has 1 fully saturated rings. The van der Waals surface area contributed by atoms with Gasteiger partial charge in [-0.2, -0.15) is 0 Å². The highest BCUT2D eigenvalue weighted by atomic mass is 14.9. The molecular formula is C12H15N. The first kappa shape index (κ1) is 7.57. The first-order valence-electron chi connectivity index (χ1n) is 5.11. The summed E-state index contributed by atoms with van der Waals surface area (Å²) in [6.45, 7) is 0. The Labute approximate surface area is 79.2 Å². The third-order valence-electron chi connectivity index (χ3n) is 3.70. The van der Waals surface area contributed by atoms with Crippen LogP contribution in [-0.4, -0.2) is 7.05 Å². The van der Waals surface area contributed by atoms with Crippen LogP contribution < -0.4 is 5.32 Å². The molecule has 2 aliphatic rings. The second-order valence-electron chi connectivity index (χ2n) is 4.46. The van der Waals surface area contributed by atoms with Gasteiger partial charge < -0.3 is 5.32 Å². The van der Waals surface area contributed by atoms with Gasteiger partial charge in [-0.15, -0.1) is 0 Å². The summed E-state index contributed by atoms with van der Waals surface area (Å²) in [6.07, 6.45) is 4.12. The first-order chi connectivity index (χ1) is 6.36. The highest BCUT2D eigenvalue weighted by molar-refractivity contribution is 5.40. The number of hydrogen-bond donors (Lipinski definition) is 1. The van der Waals surface area contributed by atoms with E-state index in [2.05, 4.69) is 36.6 Å². The van der Waals surface area contributed by atoms with E-state index < -0.39 is 0 Å². The number of nitrogens with one attached hydrogen (secondary N) is 1. The standard InChI is InChI=1S/C12H15N/c1-13-11-10-5-3-2-4-9(10)8-12(11)6-7-12/h2-5,11,13H,6-8H2,1H3. The van der Waals surface area contributed by atoms with Crippen molar-refractivity contribution in [1.29, 1.82) is 0 Å². The second-order valence-corrected chi connectivity index (χ2v) is 4.46. The number of rotatable bonds is 1. The summed E-state index contributed by atoms with van der Waals surface area (Å²) < 4.78 is 0. The minimum Gasteiger partial charge on any atom is -0.313 e. The summed E-state index contributed by atoms with van der Waals surface area (Å²) in [4.78, 5) is 0. The SMILES string of the molecule is CNC1c2ccccc2CC12CC2. The molecule has 1 heteroatoms. The summed E-state index contributed by atoms with van der Waals surface area (Å²) in [5.74, 6) is 0. The number of hydrogen-bond acceptors (Lipinski definition) is 1. The largest absolute Gasteiger partial charge is 0.313 e. The van der Waals surface area contributed by atoms with Gasteiger partial charge in [0.05, 0.1) is 0 Å². The molecule has 0 heterocycles. The lowest BCUT2D eigenvalue weighted by Gasteiger charge is -2.18. The molecule has 1 spiro atoms. The van der Waals surface area contributed by atoms with Crippen LogP contribution in [0.3, 0.4) is 0 Å². The van der Waals surface area contributed by atoms with Crippen molar-refractivity contribution in [3.05, 3.63) is 35.4 Å². The van der Waals surface area contributed by atoms with Crippen LogP contribution in [0, 0.1) is 5.41 Å². The highest BCUT2D eigenvalue weighted by Crippen LogP contribution is 2.61. The van der Waals surface area contributed by atoms with Gasteiger partial charge >= 0.3 is 0 Å². The molecule has 0 amide bonds. The molecule has 1 nitrogen and oxygen atoms in total. The third-order valence-corrected chi connectivity index (χ3v) is 3.70. The maximum absolute atomic E-state index is 3.47. The van der Waals surface area contributed by atoms with E-state index in [0.29, 0.717) is 11.5 Å². The van der Waals surface area contributed by atoms with E-state index in [9.17, 15) is 0 Å². The lowest BCUT2D eigenvalue weighted by Crippen LogP contribution is -2.22. The fourth-order valence-corrected chi connectivity index (χ4v) is 2.88. The van der Waals surface area contributed by atoms with Gasteiger partial charge in [0.1, 0.15) is 0 Å². The molecule has 13 heavy (non-hydrogen) atoms. The van der Waals surface area contributed by atoms with Gasteiger partial charge in [-0.3, -0.25) is 0 Å². The lowest BCUT2D eigenvalue weighted by atomic mass is 9.98. The fraction of sp³-hybridized carbons (Fsp3) is 0.500. The van der Waals surface area contributed by atoms with Gasteiger partial charge in [-0.25, -0.2) is 0 Å². The molecule has 0 aliphatic heterocycles. The van der Waals surface area contributed by atoms with Crippen LogP contribution >= 0.6 is 0 Å². The van der Waals surface area contributed by atoms with Crippen molar-refractivity contribution in [2.24, 2.45) is 5.41 Å². The number of fused-ring (bicyclic) bond motifs is 1. The molecule has 1 N–H and O–H groups in total. The van der Waals surface area contributed by atoms with E-state index in [1.54, 1.807) is 11.1 Å². The number of benzene rings is 1. The molecule has 1 aromatic rings. The van der Waals surface area contributed by atoms with E-state index >= 15 is 0 Å². The van der Waals surface area contributed by atoms with Gasteiger partial charge in [0.2, 0.25) is 0 Å². The topological polar surface area (TPSA) is 12.0 Å². The molecule has 0 saturated heterocycles. The van der Waals surface area contributed by atoms with Crippen LogP contribution in [0.4, 0.5) is 0 Å². The molecule has 1 saturated carbocycles. The summed E-state index contributed by atoms with van der Waals surface area (Å²) in [7, 11) is 2.09. The summed E-state index contributed by atoms with van der Waals surface area (Å²) in [6, 6.07) is 9.51. The molecule has 0 radical (unpaired) electrons. The Kier molecular flexibility index (Phi) is 1.37. The highest BCUT2D eigenvalue weighted by Gasteiger charge is 2.53. The van der Waals surface area contributed by atoms with Crippen LogP contribution in [0.25, 0.3) is 0 Å². The predicted octanol–water partition coefficient (Wildman–Crippen LogP) is 2.28. The molecule has 3 rings (SSSR count). The zero-order valence-electron chi connectivity index (χ0n) is 8.01. The summed E-state index contributed by atoms with van der Waals surface area (Å²) in [5.41, 5.74) is 3.72. The monoisotopic (exact) mass is 173 g/mol. The van der Waals surface area contributed by atoms with Crippen molar-refractivity contribution >= 4 is 0 Å².